The van der Waals surface area contributed by atoms with Crippen LogP contribution < -0.4 is 11.2 Å². The van der Waals surface area contributed by atoms with E-state index in [-0.39, 0.29) is 6.54 Å². The predicted molar refractivity (Wildman–Crippen MR) is 91.6 cm³/mol. The number of aryl methyl sites for hydroxylation is 1. The average molecular weight is 428 g/mol. The first-order chi connectivity index (χ1) is 10.9. The number of rotatable bonds is 2. The third-order valence-corrected chi connectivity index (χ3v) is 4.31. The summed E-state index contributed by atoms with van der Waals surface area (Å²) in [5.74, 6) is -1.98. The van der Waals surface area contributed by atoms with Gasteiger partial charge in [-0.2, -0.15) is 0 Å². The lowest BCUT2D eigenvalue weighted by Gasteiger charge is -2.11. The topological polar surface area (TPSA) is 44.0 Å². The average Bonchev–Trinajstić information content (AvgIpc) is 2.52. The molecular formula is C16H11F2IN2O2. The van der Waals surface area contributed by atoms with Crippen molar-refractivity contribution in [2.45, 2.75) is 6.54 Å². The van der Waals surface area contributed by atoms with Crippen molar-refractivity contribution in [3.05, 3.63) is 78.0 Å². The van der Waals surface area contributed by atoms with Gasteiger partial charge in [-0.15, -0.1) is 0 Å². The molecule has 0 saturated heterocycles. The molecule has 2 aromatic carbocycles. The Labute approximate surface area is 143 Å². The van der Waals surface area contributed by atoms with E-state index in [9.17, 15) is 18.4 Å². The van der Waals surface area contributed by atoms with E-state index in [1.807, 2.05) is 6.07 Å². The fourth-order valence-corrected chi connectivity index (χ4v) is 2.94. The van der Waals surface area contributed by atoms with Crippen molar-refractivity contribution in [1.82, 2.24) is 9.13 Å². The summed E-state index contributed by atoms with van der Waals surface area (Å²) in [7, 11) is 1.57. The van der Waals surface area contributed by atoms with Crippen LogP contribution in [0, 0.1) is 15.2 Å². The van der Waals surface area contributed by atoms with Crippen molar-refractivity contribution in [1.29, 1.82) is 0 Å². The summed E-state index contributed by atoms with van der Waals surface area (Å²) in [4.78, 5) is 25.0. The minimum absolute atomic E-state index is 0.121. The molecule has 4 nitrogen and oxygen atoms in total. The van der Waals surface area contributed by atoms with Crippen LogP contribution in [0.4, 0.5) is 8.78 Å². The molecule has 3 rings (SSSR count). The van der Waals surface area contributed by atoms with Gasteiger partial charge in [0.15, 0.2) is 11.6 Å². The van der Waals surface area contributed by atoms with Gasteiger partial charge >= 0.3 is 5.69 Å². The van der Waals surface area contributed by atoms with Gasteiger partial charge in [0.05, 0.1) is 17.4 Å². The highest BCUT2D eigenvalue weighted by molar-refractivity contribution is 14.1. The molecule has 0 radical (unpaired) electrons. The molecule has 118 valence electrons. The largest absolute Gasteiger partial charge is 0.331 e. The first-order valence-corrected chi connectivity index (χ1v) is 7.79. The quantitative estimate of drug-likeness (QED) is 0.590. The molecule has 0 aliphatic carbocycles. The molecule has 0 aliphatic rings. The van der Waals surface area contributed by atoms with E-state index in [2.05, 4.69) is 22.6 Å². The molecule has 7 heteroatoms. The lowest BCUT2D eigenvalue weighted by molar-refractivity contribution is 0.506. The number of aromatic nitrogens is 2. The Bertz CT molecular complexity index is 1040. The van der Waals surface area contributed by atoms with Gasteiger partial charge in [-0.3, -0.25) is 13.9 Å². The molecule has 3 aromatic rings. The van der Waals surface area contributed by atoms with E-state index in [4.69, 9.17) is 0 Å². The molecule has 23 heavy (non-hydrogen) atoms. The molecule has 0 unspecified atom stereocenters. The van der Waals surface area contributed by atoms with Gasteiger partial charge < -0.3 is 0 Å². The maximum Gasteiger partial charge on any atom is 0.331 e. The van der Waals surface area contributed by atoms with Crippen LogP contribution in [0.15, 0.2) is 46.0 Å². The molecule has 0 bridgehead atoms. The molecular weight excluding hydrogens is 417 g/mol. The van der Waals surface area contributed by atoms with Crippen LogP contribution in [0.1, 0.15) is 5.56 Å². The molecule has 1 aromatic heterocycles. The molecule has 0 aliphatic heterocycles. The summed E-state index contributed by atoms with van der Waals surface area (Å²) in [5.41, 5.74) is -0.0881. The molecule has 0 spiro atoms. The summed E-state index contributed by atoms with van der Waals surface area (Å²) in [5, 5.41) is 0.404. The fourth-order valence-electron chi connectivity index (χ4n) is 2.45. The Kier molecular flexibility index (Phi) is 4.05. The minimum Gasteiger partial charge on any atom is -0.296 e. The molecule has 0 amide bonds. The number of hydrogen-bond donors (Lipinski definition) is 0. The minimum atomic E-state index is -1.01. The van der Waals surface area contributed by atoms with Gasteiger partial charge in [0.1, 0.15) is 0 Å². The second kappa shape index (κ2) is 5.88. The van der Waals surface area contributed by atoms with Crippen molar-refractivity contribution >= 4 is 33.5 Å². The Morgan fingerprint density at radius 2 is 1.78 bits per heavy atom. The SMILES string of the molecule is Cn1c(=O)n(Cc2ccc(F)c(F)c2)c(=O)c2cc(I)ccc21. The molecule has 0 atom stereocenters. The Morgan fingerprint density at radius 1 is 1.04 bits per heavy atom. The van der Waals surface area contributed by atoms with E-state index in [1.54, 1.807) is 19.2 Å². The van der Waals surface area contributed by atoms with E-state index in [1.165, 1.54) is 10.6 Å². The van der Waals surface area contributed by atoms with E-state index in [0.29, 0.717) is 16.5 Å². The monoisotopic (exact) mass is 428 g/mol. The standard InChI is InChI=1S/C16H11F2IN2O2/c1-20-14-5-3-10(19)7-11(14)15(22)21(16(20)23)8-9-2-4-12(17)13(18)6-9/h2-7H,8H2,1H3. The maximum atomic E-state index is 13.3. The second-order valence-corrected chi connectivity index (χ2v) is 6.39. The van der Waals surface area contributed by atoms with Crippen LogP contribution in [0.2, 0.25) is 0 Å². The van der Waals surface area contributed by atoms with Gasteiger partial charge in [0, 0.05) is 10.6 Å². The zero-order valence-electron chi connectivity index (χ0n) is 12.0. The lowest BCUT2D eigenvalue weighted by Crippen LogP contribution is -2.39. The first-order valence-electron chi connectivity index (χ1n) is 6.71. The van der Waals surface area contributed by atoms with Crippen molar-refractivity contribution in [2.75, 3.05) is 0 Å². The zero-order valence-corrected chi connectivity index (χ0v) is 14.2. The smallest absolute Gasteiger partial charge is 0.296 e. The van der Waals surface area contributed by atoms with Gasteiger partial charge in [-0.05, 0) is 58.5 Å². The third-order valence-electron chi connectivity index (χ3n) is 3.64. The normalized spacial score (nSPS) is 11.1. The fraction of sp³-hybridized carbons (Fsp3) is 0.125. The van der Waals surface area contributed by atoms with Gasteiger partial charge in [0.2, 0.25) is 0 Å². The van der Waals surface area contributed by atoms with Crippen LogP contribution in [0.3, 0.4) is 0 Å². The van der Waals surface area contributed by atoms with Gasteiger partial charge in [0.25, 0.3) is 5.56 Å². The summed E-state index contributed by atoms with van der Waals surface area (Å²) in [6.07, 6.45) is 0. The molecule has 1 heterocycles. The van der Waals surface area contributed by atoms with Crippen LogP contribution in [-0.2, 0) is 13.6 Å². The van der Waals surface area contributed by atoms with Crippen molar-refractivity contribution < 1.29 is 8.78 Å². The molecule has 0 fully saturated rings. The number of halogens is 3. The highest BCUT2D eigenvalue weighted by Gasteiger charge is 2.12. The van der Waals surface area contributed by atoms with Crippen molar-refractivity contribution in [3.8, 4) is 0 Å². The Morgan fingerprint density at radius 3 is 2.48 bits per heavy atom. The van der Waals surface area contributed by atoms with Gasteiger partial charge in [-0.1, -0.05) is 6.07 Å². The molecule has 0 N–H and O–H groups in total. The second-order valence-electron chi connectivity index (χ2n) is 5.14. The number of nitrogens with zero attached hydrogens (tertiary/aromatic N) is 2. The maximum absolute atomic E-state index is 13.3. The summed E-state index contributed by atoms with van der Waals surface area (Å²) in [6, 6.07) is 8.52. The van der Waals surface area contributed by atoms with Crippen molar-refractivity contribution in [2.24, 2.45) is 7.05 Å². The third kappa shape index (κ3) is 2.80. The zero-order chi connectivity index (χ0) is 16.7. The van der Waals surface area contributed by atoms with Crippen LogP contribution >= 0.6 is 22.6 Å². The predicted octanol–water partition coefficient (Wildman–Crippen LogP) is 2.63. The first kappa shape index (κ1) is 15.9. The van der Waals surface area contributed by atoms with E-state index >= 15 is 0 Å². The van der Waals surface area contributed by atoms with E-state index in [0.717, 1.165) is 20.3 Å². The molecule has 0 saturated carbocycles. The summed E-state index contributed by atoms with van der Waals surface area (Å²) >= 11 is 2.08. The summed E-state index contributed by atoms with van der Waals surface area (Å²) < 4.78 is 29.6. The Hall–Kier alpha value is -2.03. The van der Waals surface area contributed by atoms with Crippen LogP contribution in [-0.4, -0.2) is 9.13 Å². The lowest BCUT2D eigenvalue weighted by atomic mass is 10.2. The number of fused-ring (bicyclic) bond motifs is 1. The van der Waals surface area contributed by atoms with Crippen LogP contribution in [0.25, 0.3) is 10.9 Å². The van der Waals surface area contributed by atoms with Crippen molar-refractivity contribution in [3.63, 3.8) is 0 Å². The van der Waals surface area contributed by atoms with E-state index < -0.39 is 22.9 Å². The Balaban J connectivity index is 2.23. The van der Waals surface area contributed by atoms with Gasteiger partial charge in [-0.25, -0.2) is 13.6 Å². The highest BCUT2D eigenvalue weighted by Crippen LogP contribution is 2.13. The number of benzene rings is 2. The summed E-state index contributed by atoms with van der Waals surface area (Å²) in [6.45, 7) is -0.121. The van der Waals surface area contributed by atoms with Crippen LogP contribution in [0.5, 0.6) is 0 Å². The number of hydrogen-bond acceptors (Lipinski definition) is 2. The highest BCUT2D eigenvalue weighted by atomic mass is 127.